The van der Waals surface area contributed by atoms with Gasteiger partial charge in [0.15, 0.2) is 0 Å². The SMILES string of the molecule is COCC(C)(C)NC(=O)c1cnccc1NN. The molecule has 1 amide bonds. The van der Waals surface area contributed by atoms with Crippen molar-refractivity contribution in [2.24, 2.45) is 5.84 Å². The van der Waals surface area contributed by atoms with Gasteiger partial charge in [-0.15, -0.1) is 0 Å². The maximum atomic E-state index is 12.0. The third kappa shape index (κ3) is 3.69. The lowest BCUT2D eigenvalue weighted by Crippen LogP contribution is -2.47. The first kappa shape index (κ1) is 13.4. The molecule has 1 rings (SSSR count). The number of nitrogens with one attached hydrogen (secondary N) is 2. The number of ether oxygens (including phenoxy) is 1. The van der Waals surface area contributed by atoms with Crippen LogP contribution in [0.5, 0.6) is 0 Å². The molecule has 0 aromatic carbocycles. The molecule has 0 aliphatic carbocycles. The number of nitrogen functional groups attached to an aromatic ring is 1. The number of carbonyl (C=O) groups is 1. The summed E-state index contributed by atoms with van der Waals surface area (Å²) >= 11 is 0. The molecule has 0 spiro atoms. The van der Waals surface area contributed by atoms with E-state index in [4.69, 9.17) is 10.6 Å². The van der Waals surface area contributed by atoms with Gasteiger partial charge in [-0.1, -0.05) is 0 Å². The molecule has 1 heterocycles. The number of hydrogen-bond donors (Lipinski definition) is 3. The van der Waals surface area contributed by atoms with Crippen molar-refractivity contribution in [3.05, 3.63) is 24.0 Å². The van der Waals surface area contributed by atoms with Gasteiger partial charge < -0.3 is 15.5 Å². The second-order valence-electron chi connectivity index (χ2n) is 4.34. The Balaban J connectivity index is 2.83. The van der Waals surface area contributed by atoms with E-state index in [1.165, 1.54) is 6.20 Å². The highest BCUT2D eigenvalue weighted by Gasteiger charge is 2.22. The number of amides is 1. The molecule has 1 aromatic heterocycles. The highest BCUT2D eigenvalue weighted by molar-refractivity contribution is 5.99. The number of hydrogen-bond acceptors (Lipinski definition) is 5. The molecule has 0 saturated heterocycles. The zero-order valence-corrected chi connectivity index (χ0v) is 10.3. The Morgan fingerprint density at radius 3 is 2.88 bits per heavy atom. The molecule has 0 aliphatic heterocycles. The average molecular weight is 238 g/mol. The van der Waals surface area contributed by atoms with Gasteiger partial charge in [0, 0.05) is 19.5 Å². The zero-order chi connectivity index (χ0) is 12.9. The van der Waals surface area contributed by atoms with E-state index in [1.807, 2.05) is 13.8 Å². The van der Waals surface area contributed by atoms with E-state index in [0.717, 1.165) is 0 Å². The molecule has 0 atom stereocenters. The number of aromatic nitrogens is 1. The molecular formula is C11H18N4O2. The third-order valence-electron chi connectivity index (χ3n) is 2.18. The van der Waals surface area contributed by atoms with Gasteiger partial charge in [-0.05, 0) is 19.9 Å². The van der Waals surface area contributed by atoms with E-state index in [0.29, 0.717) is 17.9 Å². The van der Waals surface area contributed by atoms with Crippen LogP contribution in [-0.4, -0.2) is 30.1 Å². The number of carbonyl (C=O) groups excluding carboxylic acids is 1. The van der Waals surface area contributed by atoms with Gasteiger partial charge in [0.05, 0.1) is 23.4 Å². The number of anilines is 1. The van der Waals surface area contributed by atoms with Crippen molar-refractivity contribution in [1.29, 1.82) is 0 Å². The second kappa shape index (κ2) is 5.60. The molecule has 6 nitrogen and oxygen atoms in total. The molecule has 4 N–H and O–H groups in total. The number of methoxy groups -OCH3 is 1. The van der Waals surface area contributed by atoms with Crippen LogP contribution in [-0.2, 0) is 4.74 Å². The minimum atomic E-state index is -0.451. The highest BCUT2D eigenvalue weighted by atomic mass is 16.5. The standard InChI is InChI=1S/C11H18N4O2/c1-11(2,7-17-3)14-10(16)8-6-13-5-4-9(8)15-12/h4-6H,7,12H2,1-3H3,(H,13,15)(H,14,16). The van der Waals surface area contributed by atoms with Crippen molar-refractivity contribution in [1.82, 2.24) is 10.3 Å². The normalized spacial score (nSPS) is 11.1. The fourth-order valence-corrected chi connectivity index (χ4v) is 1.47. The molecule has 6 heteroatoms. The van der Waals surface area contributed by atoms with Gasteiger partial charge in [-0.2, -0.15) is 0 Å². The van der Waals surface area contributed by atoms with Gasteiger partial charge in [0.2, 0.25) is 0 Å². The van der Waals surface area contributed by atoms with E-state index in [9.17, 15) is 4.79 Å². The van der Waals surface area contributed by atoms with Crippen molar-refractivity contribution in [3.63, 3.8) is 0 Å². The monoisotopic (exact) mass is 238 g/mol. The minimum absolute atomic E-state index is 0.242. The van der Waals surface area contributed by atoms with Crippen LogP contribution in [0.3, 0.4) is 0 Å². The van der Waals surface area contributed by atoms with E-state index in [2.05, 4.69) is 15.7 Å². The average Bonchev–Trinajstić information content (AvgIpc) is 2.28. The molecule has 0 aliphatic rings. The van der Waals surface area contributed by atoms with E-state index < -0.39 is 5.54 Å². The fraction of sp³-hybridized carbons (Fsp3) is 0.455. The predicted octanol–water partition coefficient (Wildman–Crippen LogP) is 0.522. The second-order valence-corrected chi connectivity index (χ2v) is 4.34. The number of rotatable bonds is 5. The summed E-state index contributed by atoms with van der Waals surface area (Å²) in [6.45, 7) is 4.17. The Labute approximate surface area is 101 Å². The topological polar surface area (TPSA) is 89.3 Å². The maximum absolute atomic E-state index is 12.0. The molecule has 0 radical (unpaired) electrons. The lowest BCUT2D eigenvalue weighted by molar-refractivity contribution is 0.0820. The van der Waals surface area contributed by atoms with Crippen LogP contribution in [0, 0.1) is 0 Å². The van der Waals surface area contributed by atoms with Gasteiger partial charge in [-0.3, -0.25) is 15.6 Å². The van der Waals surface area contributed by atoms with Gasteiger partial charge in [0.25, 0.3) is 5.91 Å². The maximum Gasteiger partial charge on any atom is 0.255 e. The van der Waals surface area contributed by atoms with Crippen molar-refractivity contribution in [2.45, 2.75) is 19.4 Å². The number of nitrogens with two attached hydrogens (primary N) is 1. The van der Waals surface area contributed by atoms with Crippen LogP contribution in [0.15, 0.2) is 18.5 Å². The molecule has 94 valence electrons. The van der Waals surface area contributed by atoms with Gasteiger partial charge in [0.1, 0.15) is 0 Å². The summed E-state index contributed by atoms with van der Waals surface area (Å²) in [7, 11) is 1.59. The Bertz CT molecular complexity index is 393. The number of hydrazine groups is 1. The first-order valence-corrected chi connectivity index (χ1v) is 5.22. The molecule has 1 aromatic rings. The summed E-state index contributed by atoms with van der Waals surface area (Å²) < 4.78 is 5.03. The Kier molecular flexibility index (Phi) is 4.42. The first-order chi connectivity index (χ1) is 8.00. The summed E-state index contributed by atoms with van der Waals surface area (Å²) in [5.41, 5.74) is 2.95. The smallest absolute Gasteiger partial charge is 0.255 e. The van der Waals surface area contributed by atoms with Gasteiger partial charge in [-0.25, -0.2) is 0 Å². The van der Waals surface area contributed by atoms with Crippen LogP contribution in [0.4, 0.5) is 5.69 Å². The molecular weight excluding hydrogens is 220 g/mol. The van der Waals surface area contributed by atoms with Crippen LogP contribution in [0.2, 0.25) is 0 Å². The van der Waals surface area contributed by atoms with Gasteiger partial charge >= 0.3 is 0 Å². The van der Waals surface area contributed by atoms with Crippen molar-refractivity contribution in [3.8, 4) is 0 Å². The van der Waals surface area contributed by atoms with E-state index in [-0.39, 0.29) is 5.91 Å². The van der Waals surface area contributed by atoms with Crippen molar-refractivity contribution < 1.29 is 9.53 Å². The Morgan fingerprint density at radius 1 is 1.59 bits per heavy atom. The first-order valence-electron chi connectivity index (χ1n) is 5.22. The summed E-state index contributed by atoms with van der Waals surface area (Å²) in [4.78, 5) is 15.9. The minimum Gasteiger partial charge on any atom is -0.382 e. The van der Waals surface area contributed by atoms with Crippen LogP contribution in [0.25, 0.3) is 0 Å². The molecule has 0 fully saturated rings. The molecule has 0 bridgehead atoms. The van der Waals surface area contributed by atoms with E-state index in [1.54, 1.807) is 19.4 Å². The summed E-state index contributed by atoms with van der Waals surface area (Å²) in [5.74, 6) is 5.09. The summed E-state index contributed by atoms with van der Waals surface area (Å²) in [6, 6.07) is 1.64. The third-order valence-corrected chi connectivity index (χ3v) is 2.18. The largest absolute Gasteiger partial charge is 0.382 e. The number of pyridine rings is 1. The van der Waals surface area contributed by atoms with Crippen molar-refractivity contribution >= 4 is 11.6 Å². The lowest BCUT2D eigenvalue weighted by atomic mass is 10.1. The van der Waals surface area contributed by atoms with Crippen molar-refractivity contribution in [2.75, 3.05) is 19.1 Å². The number of nitrogens with zero attached hydrogens (tertiary/aromatic N) is 1. The summed E-state index contributed by atoms with van der Waals surface area (Å²) in [6.07, 6.45) is 3.03. The van der Waals surface area contributed by atoms with Crippen LogP contribution >= 0.6 is 0 Å². The molecule has 0 saturated carbocycles. The summed E-state index contributed by atoms with van der Waals surface area (Å²) in [5, 5.41) is 2.85. The quantitative estimate of drug-likeness (QED) is 0.514. The van der Waals surface area contributed by atoms with Crippen LogP contribution < -0.4 is 16.6 Å². The Hall–Kier alpha value is -1.66. The molecule has 0 unspecified atom stereocenters. The molecule has 17 heavy (non-hydrogen) atoms. The lowest BCUT2D eigenvalue weighted by Gasteiger charge is -2.25. The predicted molar refractivity (Wildman–Crippen MR) is 65.5 cm³/mol. The fourth-order valence-electron chi connectivity index (χ4n) is 1.47. The Morgan fingerprint density at radius 2 is 2.29 bits per heavy atom. The van der Waals surface area contributed by atoms with Crippen LogP contribution in [0.1, 0.15) is 24.2 Å². The highest BCUT2D eigenvalue weighted by Crippen LogP contribution is 2.13. The van der Waals surface area contributed by atoms with E-state index >= 15 is 0 Å². The zero-order valence-electron chi connectivity index (χ0n) is 10.3.